The summed E-state index contributed by atoms with van der Waals surface area (Å²) in [5, 5.41) is 20.0. The normalized spacial score (nSPS) is 11.6. The molecule has 0 atom stereocenters. The van der Waals surface area contributed by atoms with Crippen LogP contribution in [-0.2, 0) is 10.1 Å². The van der Waals surface area contributed by atoms with Crippen LogP contribution in [0, 0.1) is 25.2 Å². The first-order valence-electron chi connectivity index (χ1n) is 8.56. The Kier molecular flexibility index (Phi) is 5.55. The molecule has 11 heteroatoms. The van der Waals surface area contributed by atoms with Gasteiger partial charge in [-0.05, 0) is 37.1 Å². The standard InChI is InChI=1S/C19H17N5O5S/c1-11-6-4-5-7-15(11)24-19(25)18(14(10-20)23-24)22-21-13-9-16(29-3)17(8-12(13)2)30(26,27)28/h4-9,23H,1-3H3,(H,26,27,28)/b22-21+. The third-order valence-corrected chi connectivity index (χ3v) is 5.23. The maximum absolute atomic E-state index is 12.8. The Labute approximate surface area is 171 Å². The van der Waals surface area contributed by atoms with E-state index in [0.29, 0.717) is 11.3 Å². The first kappa shape index (κ1) is 21.0. The average molecular weight is 427 g/mol. The van der Waals surface area contributed by atoms with Crippen molar-refractivity contribution in [3.05, 3.63) is 63.6 Å². The summed E-state index contributed by atoms with van der Waals surface area (Å²) in [7, 11) is -3.26. The lowest BCUT2D eigenvalue weighted by molar-refractivity contribution is 0.397. The van der Waals surface area contributed by atoms with Crippen molar-refractivity contribution in [2.45, 2.75) is 18.7 Å². The zero-order valence-corrected chi connectivity index (χ0v) is 17.1. The molecule has 0 spiro atoms. The van der Waals surface area contributed by atoms with Gasteiger partial charge in [-0.1, -0.05) is 18.2 Å². The van der Waals surface area contributed by atoms with Gasteiger partial charge in [0.1, 0.15) is 16.7 Å². The van der Waals surface area contributed by atoms with Gasteiger partial charge in [0.05, 0.1) is 18.5 Å². The first-order chi connectivity index (χ1) is 14.2. The van der Waals surface area contributed by atoms with E-state index in [0.717, 1.165) is 5.56 Å². The third kappa shape index (κ3) is 3.86. The van der Waals surface area contributed by atoms with Crippen molar-refractivity contribution in [1.82, 2.24) is 9.78 Å². The molecule has 1 heterocycles. The molecule has 154 valence electrons. The summed E-state index contributed by atoms with van der Waals surface area (Å²) in [6, 6.07) is 11.4. The highest BCUT2D eigenvalue weighted by Gasteiger charge is 2.20. The van der Waals surface area contributed by atoms with Crippen LogP contribution in [0.2, 0.25) is 0 Å². The number of hydrogen-bond acceptors (Lipinski definition) is 7. The lowest BCUT2D eigenvalue weighted by Gasteiger charge is -2.08. The molecular weight excluding hydrogens is 410 g/mol. The molecule has 0 aliphatic carbocycles. The minimum atomic E-state index is -4.50. The molecule has 0 fully saturated rings. The molecule has 3 rings (SSSR count). The highest BCUT2D eigenvalue weighted by Crippen LogP contribution is 2.33. The number of aromatic amines is 1. The summed E-state index contributed by atoms with van der Waals surface area (Å²) < 4.78 is 38.5. The van der Waals surface area contributed by atoms with Crippen molar-refractivity contribution in [2.75, 3.05) is 7.11 Å². The first-order valence-corrected chi connectivity index (χ1v) is 10.0. The summed E-state index contributed by atoms with van der Waals surface area (Å²) in [6.45, 7) is 3.37. The minimum Gasteiger partial charge on any atom is -0.495 e. The molecule has 0 bridgehead atoms. The molecule has 2 N–H and O–H groups in total. The molecule has 0 aliphatic rings. The van der Waals surface area contributed by atoms with Crippen LogP contribution < -0.4 is 10.3 Å². The maximum atomic E-state index is 12.8. The zero-order chi connectivity index (χ0) is 22.1. The fourth-order valence-corrected chi connectivity index (χ4v) is 3.53. The quantitative estimate of drug-likeness (QED) is 0.471. The third-order valence-electron chi connectivity index (χ3n) is 4.35. The Balaban J connectivity index is 2.11. The van der Waals surface area contributed by atoms with Crippen LogP contribution >= 0.6 is 0 Å². The van der Waals surface area contributed by atoms with Crippen LogP contribution in [0.1, 0.15) is 16.8 Å². The SMILES string of the molecule is COc1cc(/N=N/c2c(C#N)[nH]n(-c3ccccc3C)c2=O)c(C)cc1S(=O)(=O)O. The van der Waals surface area contributed by atoms with Gasteiger partial charge in [0.2, 0.25) is 0 Å². The van der Waals surface area contributed by atoms with Crippen LogP contribution in [0.25, 0.3) is 5.69 Å². The van der Waals surface area contributed by atoms with Gasteiger partial charge in [-0.15, -0.1) is 10.2 Å². The van der Waals surface area contributed by atoms with E-state index in [4.69, 9.17) is 4.74 Å². The predicted molar refractivity (Wildman–Crippen MR) is 108 cm³/mol. The van der Waals surface area contributed by atoms with Crippen LogP contribution in [0.15, 0.2) is 56.3 Å². The van der Waals surface area contributed by atoms with E-state index >= 15 is 0 Å². The molecule has 30 heavy (non-hydrogen) atoms. The van der Waals surface area contributed by atoms with Gasteiger partial charge in [0.15, 0.2) is 11.4 Å². The topological polar surface area (TPSA) is 150 Å². The number of nitrogens with one attached hydrogen (secondary N) is 1. The molecule has 0 saturated carbocycles. The van der Waals surface area contributed by atoms with Crippen molar-refractivity contribution in [2.24, 2.45) is 10.2 Å². The summed E-state index contributed by atoms with van der Waals surface area (Å²) in [5.41, 5.74) is 1.10. The molecule has 1 aromatic heterocycles. The van der Waals surface area contributed by atoms with Gasteiger partial charge in [-0.2, -0.15) is 13.7 Å². The number of nitrogens with zero attached hydrogens (tertiary/aromatic N) is 4. The van der Waals surface area contributed by atoms with Gasteiger partial charge >= 0.3 is 0 Å². The summed E-state index contributed by atoms with van der Waals surface area (Å²) in [4.78, 5) is 12.4. The zero-order valence-electron chi connectivity index (χ0n) is 16.2. The summed E-state index contributed by atoms with van der Waals surface area (Å²) in [5.74, 6) is -0.135. The fraction of sp³-hybridized carbons (Fsp3) is 0.158. The second-order valence-corrected chi connectivity index (χ2v) is 7.73. The Bertz CT molecular complexity index is 1360. The number of rotatable bonds is 5. The molecule has 0 unspecified atom stereocenters. The number of nitriles is 1. The highest BCUT2D eigenvalue weighted by atomic mass is 32.2. The number of azo groups is 1. The number of benzene rings is 2. The molecule has 0 saturated heterocycles. The number of ether oxygens (including phenoxy) is 1. The number of para-hydroxylation sites is 1. The molecule has 0 aliphatic heterocycles. The maximum Gasteiger partial charge on any atom is 0.300 e. The van der Waals surface area contributed by atoms with Crippen LogP contribution in [0.3, 0.4) is 0 Å². The van der Waals surface area contributed by atoms with Gasteiger partial charge in [-0.25, -0.2) is 4.68 Å². The lowest BCUT2D eigenvalue weighted by atomic mass is 10.2. The smallest absolute Gasteiger partial charge is 0.300 e. The van der Waals surface area contributed by atoms with Crippen molar-refractivity contribution in [3.8, 4) is 17.5 Å². The van der Waals surface area contributed by atoms with Crippen LogP contribution in [0.4, 0.5) is 11.4 Å². The Morgan fingerprint density at radius 3 is 2.47 bits per heavy atom. The fourth-order valence-electron chi connectivity index (χ4n) is 2.81. The van der Waals surface area contributed by atoms with E-state index in [-0.39, 0.29) is 22.8 Å². The van der Waals surface area contributed by atoms with E-state index in [1.165, 1.54) is 23.9 Å². The number of methoxy groups -OCH3 is 1. The second kappa shape index (κ2) is 7.94. The monoisotopic (exact) mass is 427 g/mol. The van der Waals surface area contributed by atoms with Gasteiger partial charge in [0.25, 0.3) is 15.7 Å². The van der Waals surface area contributed by atoms with E-state index in [2.05, 4.69) is 15.3 Å². The van der Waals surface area contributed by atoms with E-state index < -0.39 is 20.6 Å². The van der Waals surface area contributed by atoms with Crippen molar-refractivity contribution >= 4 is 21.5 Å². The molecule has 10 nitrogen and oxygen atoms in total. The lowest BCUT2D eigenvalue weighted by Crippen LogP contribution is -2.15. The Morgan fingerprint density at radius 2 is 1.87 bits per heavy atom. The number of aromatic nitrogens is 2. The number of H-pyrrole nitrogens is 1. The predicted octanol–water partition coefficient (Wildman–Crippen LogP) is 3.32. The molecular formula is C19H17N5O5S. The molecule has 3 aromatic rings. The van der Waals surface area contributed by atoms with E-state index in [1.807, 2.05) is 25.1 Å². The van der Waals surface area contributed by atoms with Crippen LogP contribution in [-0.4, -0.2) is 29.9 Å². The number of hydrogen-bond donors (Lipinski definition) is 2. The van der Waals surface area contributed by atoms with E-state index in [1.54, 1.807) is 19.1 Å². The Hall–Kier alpha value is -3.75. The summed E-state index contributed by atoms with van der Waals surface area (Å²) in [6.07, 6.45) is 0. The second-order valence-electron chi connectivity index (χ2n) is 6.34. The van der Waals surface area contributed by atoms with Gasteiger partial charge in [0, 0.05) is 6.07 Å². The molecule has 0 radical (unpaired) electrons. The van der Waals surface area contributed by atoms with Crippen molar-refractivity contribution in [1.29, 1.82) is 5.26 Å². The van der Waals surface area contributed by atoms with E-state index in [9.17, 15) is 23.0 Å². The van der Waals surface area contributed by atoms with Crippen molar-refractivity contribution < 1.29 is 17.7 Å². The van der Waals surface area contributed by atoms with Crippen molar-refractivity contribution in [3.63, 3.8) is 0 Å². The summed E-state index contributed by atoms with van der Waals surface area (Å²) >= 11 is 0. The molecule has 2 aromatic carbocycles. The Morgan fingerprint density at radius 1 is 1.17 bits per heavy atom. The highest BCUT2D eigenvalue weighted by molar-refractivity contribution is 7.86. The number of aryl methyl sites for hydroxylation is 2. The largest absolute Gasteiger partial charge is 0.495 e. The molecule has 0 amide bonds. The average Bonchev–Trinajstić information content (AvgIpc) is 3.02. The van der Waals surface area contributed by atoms with Crippen LogP contribution in [0.5, 0.6) is 5.75 Å². The van der Waals surface area contributed by atoms with Gasteiger partial charge < -0.3 is 4.74 Å². The van der Waals surface area contributed by atoms with Gasteiger partial charge in [-0.3, -0.25) is 14.4 Å². The minimum absolute atomic E-state index is 0.0776.